The van der Waals surface area contributed by atoms with Gasteiger partial charge in [0.1, 0.15) is 0 Å². The molecule has 21 heavy (non-hydrogen) atoms. The average Bonchev–Trinajstić information content (AvgIpc) is 3.15. The fraction of sp³-hybridized carbons (Fsp3) is 0.824. The van der Waals surface area contributed by atoms with Gasteiger partial charge in [-0.25, -0.2) is 0 Å². The number of hydrogen-bond acceptors (Lipinski definition) is 3. The number of aromatic nitrogens is 2. The van der Waals surface area contributed by atoms with Crippen molar-refractivity contribution >= 4 is 0 Å². The van der Waals surface area contributed by atoms with Crippen LogP contribution in [0.5, 0.6) is 0 Å². The molecule has 1 aromatic heterocycles. The summed E-state index contributed by atoms with van der Waals surface area (Å²) < 4.78 is 8.20. The molecule has 3 rings (SSSR count). The number of nitrogens with zero attached hydrogens (tertiary/aromatic N) is 2. The molecule has 1 aliphatic heterocycles. The fourth-order valence-electron chi connectivity index (χ4n) is 3.94. The lowest BCUT2D eigenvalue weighted by Crippen LogP contribution is -2.48. The molecule has 4 heteroatoms. The van der Waals surface area contributed by atoms with Gasteiger partial charge in [0.2, 0.25) is 0 Å². The molecule has 2 heterocycles. The smallest absolute Gasteiger partial charge is 0.0811 e. The predicted molar refractivity (Wildman–Crippen MR) is 84.5 cm³/mol. The van der Waals surface area contributed by atoms with Gasteiger partial charge in [-0.1, -0.05) is 19.3 Å². The Morgan fingerprint density at radius 3 is 2.86 bits per heavy atom. The van der Waals surface area contributed by atoms with Crippen LogP contribution < -0.4 is 5.32 Å². The van der Waals surface area contributed by atoms with Crippen molar-refractivity contribution in [2.24, 2.45) is 0 Å². The quantitative estimate of drug-likeness (QED) is 0.906. The molecule has 118 valence electrons. The number of nitrogens with one attached hydrogen (secondary N) is 1. The summed E-state index contributed by atoms with van der Waals surface area (Å²) in [7, 11) is 2.04. The van der Waals surface area contributed by atoms with Gasteiger partial charge in [-0.15, -0.1) is 0 Å². The van der Waals surface area contributed by atoms with Gasteiger partial charge in [0.25, 0.3) is 0 Å². The van der Waals surface area contributed by atoms with Crippen LogP contribution in [0.1, 0.15) is 63.6 Å². The van der Waals surface area contributed by atoms with Crippen molar-refractivity contribution in [1.82, 2.24) is 15.1 Å². The van der Waals surface area contributed by atoms with Crippen LogP contribution in [0.15, 0.2) is 12.3 Å². The lowest BCUT2D eigenvalue weighted by molar-refractivity contribution is -0.00971. The number of rotatable bonds is 5. The minimum atomic E-state index is -0.0383. The van der Waals surface area contributed by atoms with Crippen LogP contribution in [0.3, 0.4) is 0 Å². The van der Waals surface area contributed by atoms with Gasteiger partial charge in [0.15, 0.2) is 0 Å². The van der Waals surface area contributed by atoms with Crippen molar-refractivity contribution in [3.63, 3.8) is 0 Å². The highest BCUT2D eigenvalue weighted by Crippen LogP contribution is 2.31. The van der Waals surface area contributed by atoms with E-state index in [1.165, 1.54) is 44.2 Å². The first-order chi connectivity index (χ1) is 10.2. The van der Waals surface area contributed by atoms with E-state index in [0.717, 1.165) is 19.4 Å². The van der Waals surface area contributed by atoms with E-state index in [0.29, 0.717) is 12.1 Å². The minimum absolute atomic E-state index is 0.0383. The molecule has 0 aromatic carbocycles. The standard InChI is InChI=1S/C17H29N3O/c1-17(10-6-12-21-17)16(18-2)13-14-9-11-20(19-14)15-7-4-3-5-8-15/h9,11,15-16,18H,3-8,10,12-13H2,1-2H3. The molecule has 0 amide bonds. The van der Waals surface area contributed by atoms with Gasteiger partial charge < -0.3 is 10.1 Å². The van der Waals surface area contributed by atoms with Gasteiger partial charge in [0, 0.05) is 25.3 Å². The summed E-state index contributed by atoms with van der Waals surface area (Å²) in [6.07, 6.45) is 12.1. The zero-order chi connectivity index (χ0) is 14.7. The Balaban J connectivity index is 1.65. The molecule has 1 aromatic rings. The van der Waals surface area contributed by atoms with Crippen LogP contribution in [-0.2, 0) is 11.2 Å². The Morgan fingerprint density at radius 2 is 2.19 bits per heavy atom. The number of ether oxygens (including phenoxy) is 1. The summed E-state index contributed by atoms with van der Waals surface area (Å²) in [5.41, 5.74) is 1.15. The van der Waals surface area contributed by atoms with E-state index in [-0.39, 0.29) is 5.60 Å². The summed E-state index contributed by atoms with van der Waals surface area (Å²) in [6, 6.07) is 3.16. The van der Waals surface area contributed by atoms with Gasteiger partial charge in [0.05, 0.1) is 17.3 Å². The first-order valence-corrected chi connectivity index (χ1v) is 8.56. The second-order valence-corrected chi connectivity index (χ2v) is 6.89. The monoisotopic (exact) mass is 291 g/mol. The molecule has 1 aliphatic carbocycles. The molecule has 0 radical (unpaired) electrons. The summed E-state index contributed by atoms with van der Waals surface area (Å²) in [5, 5.41) is 8.29. The van der Waals surface area contributed by atoms with Gasteiger partial charge in [-0.05, 0) is 45.7 Å². The maximum atomic E-state index is 5.99. The summed E-state index contributed by atoms with van der Waals surface area (Å²) >= 11 is 0. The normalized spacial score (nSPS) is 28.9. The summed E-state index contributed by atoms with van der Waals surface area (Å²) in [6.45, 7) is 3.13. The van der Waals surface area contributed by atoms with Crippen molar-refractivity contribution in [2.75, 3.05) is 13.7 Å². The molecule has 1 saturated carbocycles. The lowest BCUT2D eigenvalue weighted by atomic mass is 9.90. The van der Waals surface area contributed by atoms with Crippen LogP contribution in [0, 0.1) is 0 Å². The van der Waals surface area contributed by atoms with Crippen molar-refractivity contribution in [2.45, 2.75) is 76.0 Å². The zero-order valence-electron chi connectivity index (χ0n) is 13.5. The zero-order valence-corrected chi connectivity index (χ0v) is 13.5. The first kappa shape index (κ1) is 15.0. The second kappa shape index (κ2) is 6.49. The van der Waals surface area contributed by atoms with Gasteiger partial charge >= 0.3 is 0 Å². The summed E-state index contributed by atoms with van der Waals surface area (Å²) in [5.74, 6) is 0. The van der Waals surface area contributed by atoms with Gasteiger partial charge in [-0.2, -0.15) is 5.10 Å². The van der Waals surface area contributed by atoms with E-state index < -0.39 is 0 Å². The maximum absolute atomic E-state index is 5.99. The predicted octanol–water partition coefficient (Wildman–Crippen LogP) is 3.09. The van der Waals surface area contributed by atoms with Crippen molar-refractivity contribution < 1.29 is 4.74 Å². The molecule has 2 fully saturated rings. The van der Waals surface area contributed by atoms with Crippen molar-refractivity contribution in [1.29, 1.82) is 0 Å². The molecule has 0 bridgehead atoms. The van der Waals surface area contributed by atoms with E-state index >= 15 is 0 Å². The molecular weight excluding hydrogens is 262 g/mol. The molecular formula is C17H29N3O. The molecule has 1 saturated heterocycles. The Bertz CT molecular complexity index is 445. The third-order valence-corrected chi connectivity index (χ3v) is 5.36. The van der Waals surface area contributed by atoms with Crippen LogP contribution in [-0.4, -0.2) is 35.1 Å². The van der Waals surface area contributed by atoms with Crippen LogP contribution >= 0.6 is 0 Å². The molecule has 1 N–H and O–H groups in total. The average molecular weight is 291 g/mol. The Hall–Kier alpha value is -0.870. The first-order valence-electron chi connectivity index (χ1n) is 8.56. The van der Waals surface area contributed by atoms with E-state index in [9.17, 15) is 0 Å². The van der Waals surface area contributed by atoms with Crippen LogP contribution in [0.4, 0.5) is 0 Å². The second-order valence-electron chi connectivity index (χ2n) is 6.89. The molecule has 2 aliphatic rings. The Morgan fingerprint density at radius 1 is 1.38 bits per heavy atom. The molecule has 0 spiro atoms. The largest absolute Gasteiger partial charge is 0.374 e. The highest BCUT2D eigenvalue weighted by atomic mass is 16.5. The lowest BCUT2D eigenvalue weighted by Gasteiger charge is -2.32. The highest BCUT2D eigenvalue weighted by Gasteiger charge is 2.37. The SMILES string of the molecule is CNC(Cc1ccn(C2CCCCC2)n1)C1(C)CCCO1. The Kier molecular flexibility index (Phi) is 4.65. The number of likely N-dealkylation sites (N-methyl/N-ethyl adjacent to an activating group) is 1. The molecule has 4 nitrogen and oxygen atoms in total. The third-order valence-electron chi connectivity index (χ3n) is 5.36. The summed E-state index contributed by atoms with van der Waals surface area (Å²) in [4.78, 5) is 0. The topological polar surface area (TPSA) is 39.1 Å². The molecule has 2 unspecified atom stereocenters. The van der Waals surface area contributed by atoms with E-state index in [1.54, 1.807) is 0 Å². The van der Waals surface area contributed by atoms with Crippen LogP contribution in [0.25, 0.3) is 0 Å². The number of hydrogen-bond donors (Lipinski definition) is 1. The fourth-order valence-corrected chi connectivity index (χ4v) is 3.94. The minimum Gasteiger partial charge on any atom is -0.374 e. The van der Waals surface area contributed by atoms with Crippen LogP contribution in [0.2, 0.25) is 0 Å². The van der Waals surface area contributed by atoms with E-state index in [2.05, 4.69) is 29.2 Å². The Labute approximate surface area is 128 Å². The van der Waals surface area contributed by atoms with E-state index in [1.807, 2.05) is 7.05 Å². The van der Waals surface area contributed by atoms with Crippen molar-refractivity contribution in [3.05, 3.63) is 18.0 Å². The van der Waals surface area contributed by atoms with E-state index in [4.69, 9.17) is 9.84 Å². The third kappa shape index (κ3) is 3.32. The highest BCUT2D eigenvalue weighted by molar-refractivity contribution is 5.06. The van der Waals surface area contributed by atoms with Gasteiger partial charge in [-0.3, -0.25) is 4.68 Å². The maximum Gasteiger partial charge on any atom is 0.0811 e. The van der Waals surface area contributed by atoms with Crippen molar-refractivity contribution in [3.8, 4) is 0 Å². The molecule has 2 atom stereocenters.